The maximum atomic E-state index is 15.2. The lowest BCUT2D eigenvalue weighted by atomic mass is 9.98. The molecule has 0 aliphatic carbocycles. The van der Waals surface area contributed by atoms with E-state index in [-0.39, 0.29) is 75.2 Å². The first-order valence-corrected chi connectivity index (χ1v) is 36.4. The van der Waals surface area contributed by atoms with Gasteiger partial charge >= 0.3 is 6.09 Å². The van der Waals surface area contributed by atoms with Crippen LogP contribution in [0.2, 0.25) is 5.04 Å². The van der Waals surface area contributed by atoms with Crippen molar-refractivity contribution in [2.75, 3.05) is 13.2 Å². The van der Waals surface area contributed by atoms with Crippen LogP contribution >= 0.6 is 0 Å². The summed E-state index contributed by atoms with van der Waals surface area (Å²) in [4.78, 5) is 112. The highest BCUT2D eigenvalue weighted by molar-refractivity contribution is 6.99. The van der Waals surface area contributed by atoms with E-state index in [1.807, 2.05) is 180 Å². The number of hydrogen-bond donors (Lipinski definition) is 10. The summed E-state index contributed by atoms with van der Waals surface area (Å²) in [7, 11) is -2.96. The van der Waals surface area contributed by atoms with Crippen LogP contribution in [0.1, 0.15) is 103 Å². The lowest BCUT2D eigenvalue weighted by Crippen LogP contribution is -2.67. The molecule has 1 aliphatic rings. The fourth-order valence-electron chi connectivity index (χ4n) is 13.5. The smallest absolute Gasteiger partial charge is 0.408 e. The third-order valence-corrected chi connectivity index (χ3v) is 23.5. The monoisotopic (exact) mass is 1360 g/mol. The van der Waals surface area contributed by atoms with Gasteiger partial charge in [-0.3, -0.25) is 28.8 Å². The van der Waals surface area contributed by atoms with Gasteiger partial charge in [-0.15, -0.1) is 0 Å². The van der Waals surface area contributed by atoms with Gasteiger partial charge in [0.05, 0.1) is 18.8 Å². The molecule has 520 valence electrons. The molecule has 1 aliphatic heterocycles. The zero-order valence-corrected chi connectivity index (χ0v) is 58.7. The number of alkyl carbamates (subject to hydrolysis) is 1. The molecule has 4 heterocycles. The number of H-pyrrole nitrogens is 3. The number of rotatable bonds is 31. The average Bonchev–Trinajstić information content (AvgIpc) is 1.25. The van der Waals surface area contributed by atoms with Crippen molar-refractivity contribution in [3.63, 3.8) is 0 Å². The predicted molar refractivity (Wildman–Crippen MR) is 388 cm³/mol. The Labute approximate surface area is 579 Å². The third kappa shape index (κ3) is 18.3. The first kappa shape index (κ1) is 71.9. The van der Waals surface area contributed by atoms with Crippen molar-refractivity contribution >= 4 is 92.9 Å². The Morgan fingerprint density at radius 1 is 0.485 bits per heavy atom. The Morgan fingerprint density at radius 2 is 0.889 bits per heavy atom. The Bertz CT molecular complexity index is 4170. The average molecular weight is 1360 g/mol. The fourth-order valence-corrected chi connectivity index (χ4v) is 18.1. The summed E-state index contributed by atoms with van der Waals surface area (Å²) in [6.07, 6.45) is 4.39. The summed E-state index contributed by atoms with van der Waals surface area (Å²) in [6, 6.07) is 46.4. The minimum absolute atomic E-state index is 0.00553. The van der Waals surface area contributed by atoms with Crippen LogP contribution in [-0.4, -0.2) is 126 Å². The standard InChI is InChI=1S/C78H94N10O10Si/c1-49(2)40-64(73(91)85-66(42-53-45-80-61-33-21-18-30-58(53)61)71(89)79-38-39-97-99(78(6,7)8,56-26-14-10-15-27-56)57-28-16-11-17-29-57)84-75(93)67(43-54-46-81-62-34-22-19-31-59(54)62)86-74(92)65(41-50(3)4)87-76(94)70-37-36-69(98-70)51(5)83-72(90)68(44-55-47-82-63-35-23-20-32-60(55)63)88-77(95)96-48-52-24-12-9-13-25-52/h9-35,45-47,49-51,64-70,80-82H,36-44,48H2,1-8H3,(H,79,89)(H,83,90)(H,84,93)(H,85,91)(H,86,92)(H,87,94)(H,88,95)/t51-,64-,65-,66+,67+,68+,69-,70+/m1/s1. The highest BCUT2D eigenvalue weighted by Gasteiger charge is 2.50. The highest BCUT2D eigenvalue weighted by atomic mass is 28.4. The number of ether oxygens (including phenoxy) is 2. The molecular formula is C78H94N10O10Si. The minimum Gasteiger partial charge on any atom is -0.445 e. The maximum absolute atomic E-state index is 15.2. The molecule has 9 aromatic rings. The van der Waals surface area contributed by atoms with Crippen LogP contribution in [0.3, 0.4) is 0 Å². The van der Waals surface area contributed by atoms with Gasteiger partial charge in [0.25, 0.3) is 8.32 Å². The number of carbonyl (C=O) groups is 7. The van der Waals surface area contributed by atoms with Crippen LogP contribution in [0.15, 0.2) is 182 Å². The van der Waals surface area contributed by atoms with Crippen molar-refractivity contribution in [1.29, 1.82) is 0 Å². The number of carbonyl (C=O) groups excluding carboxylic acids is 7. The van der Waals surface area contributed by atoms with Gasteiger partial charge in [0, 0.05) is 77.1 Å². The van der Waals surface area contributed by atoms with E-state index in [2.05, 4.69) is 97.2 Å². The SMILES string of the molecule is CC(C)C[C@@H](NC(=O)[C@H](Cc1c[nH]c2ccccc12)NC(=O)[C@@H](CC(C)C)NC(=O)[C@@H]1CC[C@H]([C@@H](C)NC(=O)[C@H](Cc2c[nH]c3ccccc23)NC(=O)OCc2ccccc2)O1)C(=O)N[C@@H](Cc1c[nH]c2ccccc12)C(=O)NCCO[Si](c1ccccc1)(c1ccccc1)C(C)(C)C. The molecule has 1 saturated heterocycles. The lowest BCUT2D eigenvalue weighted by Gasteiger charge is -2.43. The van der Waals surface area contributed by atoms with Crippen molar-refractivity contribution in [2.24, 2.45) is 11.8 Å². The molecule has 0 unspecified atom stereocenters. The van der Waals surface area contributed by atoms with E-state index in [1.165, 1.54) is 0 Å². The highest BCUT2D eigenvalue weighted by Crippen LogP contribution is 2.37. The summed E-state index contributed by atoms with van der Waals surface area (Å²) in [5, 5.41) is 25.4. The molecule has 0 spiro atoms. The van der Waals surface area contributed by atoms with Crippen LogP contribution in [0, 0.1) is 11.8 Å². The van der Waals surface area contributed by atoms with E-state index in [0.29, 0.717) is 6.42 Å². The van der Waals surface area contributed by atoms with E-state index in [0.717, 1.165) is 65.3 Å². The summed E-state index contributed by atoms with van der Waals surface area (Å²) in [6.45, 7) is 16.4. The van der Waals surface area contributed by atoms with E-state index in [9.17, 15) is 24.0 Å². The predicted octanol–water partition coefficient (Wildman–Crippen LogP) is 9.23. The molecule has 99 heavy (non-hydrogen) atoms. The molecule has 10 N–H and O–H groups in total. The molecule has 3 aromatic heterocycles. The quantitative estimate of drug-likeness (QED) is 0.0145. The first-order valence-electron chi connectivity index (χ1n) is 34.5. The molecule has 7 amide bonds. The molecule has 20 nitrogen and oxygen atoms in total. The van der Waals surface area contributed by atoms with Crippen molar-refractivity contribution < 1.29 is 47.5 Å². The van der Waals surface area contributed by atoms with Gasteiger partial charge in [-0.1, -0.05) is 194 Å². The summed E-state index contributed by atoms with van der Waals surface area (Å²) >= 11 is 0. The zero-order valence-electron chi connectivity index (χ0n) is 57.7. The number of nitrogens with one attached hydrogen (secondary N) is 10. The van der Waals surface area contributed by atoms with E-state index >= 15 is 9.59 Å². The summed E-state index contributed by atoms with van der Waals surface area (Å²) in [5.74, 6) is -3.53. The Morgan fingerprint density at radius 3 is 1.36 bits per heavy atom. The van der Waals surface area contributed by atoms with Gasteiger partial charge < -0.3 is 66.1 Å². The number of amides is 7. The molecule has 8 atom stereocenters. The Hall–Kier alpha value is -9.83. The van der Waals surface area contributed by atoms with Crippen molar-refractivity contribution in [2.45, 2.75) is 160 Å². The zero-order chi connectivity index (χ0) is 70.2. The fraction of sp³-hybridized carbons (Fsp3) is 0.372. The van der Waals surface area contributed by atoms with Crippen LogP contribution < -0.4 is 47.6 Å². The summed E-state index contributed by atoms with van der Waals surface area (Å²) < 4.78 is 19.0. The van der Waals surface area contributed by atoms with E-state index < -0.39 is 98.3 Å². The van der Waals surface area contributed by atoms with E-state index in [4.69, 9.17) is 13.9 Å². The normalized spacial score (nSPS) is 15.9. The largest absolute Gasteiger partial charge is 0.445 e. The minimum atomic E-state index is -2.96. The van der Waals surface area contributed by atoms with Crippen LogP contribution in [-0.2, 0) is 68.5 Å². The van der Waals surface area contributed by atoms with Gasteiger partial charge in [0.2, 0.25) is 35.4 Å². The number of para-hydroxylation sites is 3. The second kappa shape index (κ2) is 33.1. The third-order valence-electron chi connectivity index (χ3n) is 18.5. The Balaban J connectivity index is 0.825. The van der Waals surface area contributed by atoms with Crippen molar-refractivity contribution in [3.05, 3.63) is 205 Å². The molecule has 10 rings (SSSR count). The topological polar surface area (TPSA) is 279 Å². The molecular weight excluding hydrogens is 1270 g/mol. The van der Waals surface area contributed by atoms with Gasteiger partial charge in [-0.2, -0.15) is 0 Å². The van der Waals surface area contributed by atoms with Gasteiger partial charge in [0.15, 0.2) is 0 Å². The molecule has 0 radical (unpaired) electrons. The van der Waals surface area contributed by atoms with Crippen molar-refractivity contribution in [3.8, 4) is 0 Å². The molecule has 21 heteroatoms. The molecule has 1 fully saturated rings. The van der Waals surface area contributed by atoms with Gasteiger partial charge in [0.1, 0.15) is 42.9 Å². The Kier molecular flexibility index (Phi) is 24.1. The number of aromatic nitrogens is 3. The van der Waals surface area contributed by atoms with Crippen LogP contribution in [0.25, 0.3) is 32.7 Å². The van der Waals surface area contributed by atoms with Crippen molar-refractivity contribution in [1.82, 2.24) is 52.2 Å². The molecule has 0 bridgehead atoms. The van der Waals surface area contributed by atoms with E-state index in [1.54, 1.807) is 13.1 Å². The maximum Gasteiger partial charge on any atom is 0.408 e. The number of aromatic amines is 3. The molecule has 6 aromatic carbocycles. The van der Waals surface area contributed by atoms with Gasteiger partial charge in [-0.05, 0) is 100 Å². The summed E-state index contributed by atoms with van der Waals surface area (Å²) in [5.41, 5.74) is 5.70. The number of fused-ring (bicyclic) bond motifs is 3. The lowest BCUT2D eigenvalue weighted by molar-refractivity contribution is -0.138. The first-order chi connectivity index (χ1) is 47.6. The van der Waals surface area contributed by atoms with Crippen LogP contribution in [0.5, 0.6) is 0 Å². The van der Waals surface area contributed by atoms with Gasteiger partial charge in [-0.25, -0.2) is 4.79 Å². The number of benzene rings is 6. The second-order valence-electron chi connectivity index (χ2n) is 27.8. The molecule has 0 saturated carbocycles. The second-order valence-corrected chi connectivity index (χ2v) is 32.1. The number of hydrogen-bond acceptors (Lipinski definition) is 10. The van der Waals surface area contributed by atoms with Crippen LogP contribution in [0.4, 0.5) is 4.79 Å².